The molecule has 1 aromatic heterocycles. The van der Waals surface area contributed by atoms with E-state index in [2.05, 4.69) is 25.8 Å². The van der Waals surface area contributed by atoms with E-state index in [4.69, 9.17) is 22.7 Å². The van der Waals surface area contributed by atoms with Gasteiger partial charge in [0.25, 0.3) is 11.6 Å². The number of anilines is 1. The first-order valence-electron chi connectivity index (χ1n) is 9.29. The number of benzene rings is 2. The van der Waals surface area contributed by atoms with Crippen molar-refractivity contribution in [3.8, 4) is 0 Å². The standard InChI is InChI=1S/C20H17N7O5S/c1-32-19(29)16(14-10-22-11-6-2-3-7-12(11)23-14)17(25-26-20(21)33)18(28)24-13-8-4-5-9-15(13)27(30)31/h2-10,16H,1H3,(H,24,28)(H3,21,26,33)/b25-17+/t16-/m0/s1. The molecule has 168 valence electrons. The van der Waals surface area contributed by atoms with Crippen LogP contribution in [0.2, 0.25) is 0 Å². The van der Waals surface area contributed by atoms with Crippen LogP contribution in [-0.4, -0.2) is 44.7 Å². The number of thiocarbonyl (C=S) groups is 1. The lowest BCUT2D eigenvalue weighted by Gasteiger charge is -2.17. The lowest BCUT2D eigenvalue weighted by atomic mass is 9.98. The minimum atomic E-state index is -1.45. The summed E-state index contributed by atoms with van der Waals surface area (Å²) in [5.74, 6) is -3.27. The number of amides is 1. The summed E-state index contributed by atoms with van der Waals surface area (Å²) < 4.78 is 4.86. The lowest BCUT2D eigenvalue weighted by molar-refractivity contribution is -0.383. The molecule has 0 aliphatic heterocycles. The topological polar surface area (TPSA) is 175 Å². The first-order valence-corrected chi connectivity index (χ1v) is 9.70. The van der Waals surface area contributed by atoms with E-state index in [0.29, 0.717) is 11.0 Å². The van der Waals surface area contributed by atoms with Gasteiger partial charge >= 0.3 is 5.97 Å². The summed E-state index contributed by atoms with van der Waals surface area (Å²) in [6.07, 6.45) is 1.30. The molecule has 0 aliphatic rings. The molecule has 4 N–H and O–H groups in total. The lowest BCUT2D eigenvalue weighted by Crippen LogP contribution is -2.37. The van der Waals surface area contributed by atoms with Crippen LogP contribution in [0.15, 0.2) is 59.8 Å². The number of ether oxygens (including phenoxy) is 1. The summed E-state index contributed by atoms with van der Waals surface area (Å²) in [5.41, 5.74) is 7.86. The van der Waals surface area contributed by atoms with Crippen molar-refractivity contribution in [1.29, 1.82) is 0 Å². The number of esters is 1. The van der Waals surface area contributed by atoms with Crippen LogP contribution >= 0.6 is 12.2 Å². The molecular weight excluding hydrogens is 450 g/mol. The van der Waals surface area contributed by atoms with Gasteiger partial charge in [-0.15, -0.1) is 0 Å². The average Bonchev–Trinajstić information content (AvgIpc) is 2.81. The Morgan fingerprint density at radius 3 is 2.52 bits per heavy atom. The van der Waals surface area contributed by atoms with Gasteiger partial charge in [0.2, 0.25) is 0 Å². The van der Waals surface area contributed by atoms with E-state index in [-0.39, 0.29) is 22.2 Å². The van der Waals surface area contributed by atoms with E-state index in [9.17, 15) is 19.7 Å². The first-order chi connectivity index (χ1) is 15.8. The number of carbonyl (C=O) groups excluding carboxylic acids is 2. The Morgan fingerprint density at radius 1 is 1.18 bits per heavy atom. The minimum Gasteiger partial charge on any atom is -0.468 e. The van der Waals surface area contributed by atoms with Gasteiger partial charge in [-0.1, -0.05) is 24.3 Å². The second-order valence-corrected chi connectivity index (χ2v) is 6.88. The van der Waals surface area contributed by atoms with Gasteiger partial charge in [-0.3, -0.25) is 30.1 Å². The van der Waals surface area contributed by atoms with E-state index < -0.39 is 28.4 Å². The smallest absolute Gasteiger partial charge is 0.321 e. The van der Waals surface area contributed by atoms with Gasteiger partial charge in [-0.25, -0.2) is 4.98 Å². The molecule has 33 heavy (non-hydrogen) atoms. The number of hydrazone groups is 1. The highest BCUT2D eigenvalue weighted by molar-refractivity contribution is 7.80. The van der Waals surface area contributed by atoms with Crippen molar-refractivity contribution in [3.63, 3.8) is 0 Å². The van der Waals surface area contributed by atoms with Crippen molar-refractivity contribution in [3.05, 3.63) is 70.5 Å². The van der Waals surface area contributed by atoms with E-state index in [1.807, 2.05) is 0 Å². The molecule has 13 heteroatoms. The van der Waals surface area contributed by atoms with Crippen LogP contribution in [0, 0.1) is 10.1 Å². The highest BCUT2D eigenvalue weighted by atomic mass is 32.1. The molecule has 0 unspecified atom stereocenters. The average molecular weight is 467 g/mol. The molecule has 0 bridgehead atoms. The highest BCUT2D eigenvalue weighted by Crippen LogP contribution is 2.25. The summed E-state index contributed by atoms with van der Waals surface area (Å²) in [6.45, 7) is 0. The Balaban J connectivity index is 2.09. The van der Waals surface area contributed by atoms with Gasteiger partial charge in [0.1, 0.15) is 17.3 Å². The van der Waals surface area contributed by atoms with E-state index in [1.165, 1.54) is 30.5 Å². The number of aromatic nitrogens is 2. The number of carbonyl (C=O) groups is 2. The van der Waals surface area contributed by atoms with E-state index in [0.717, 1.165) is 7.11 Å². The highest BCUT2D eigenvalue weighted by Gasteiger charge is 2.35. The van der Waals surface area contributed by atoms with Crippen LogP contribution in [0.1, 0.15) is 11.6 Å². The predicted octanol–water partition coefficient (Wildman–Crippen LogP) is 1.62. The van der Waals surface area contributed by atoms with Crippen LogP contribution in [0.4, 0.5) is 11.4 Å². The first kappa shape index (κ1) is 23.1. The predicted molar refractivity (Wildman–Crippen MR) is 123 cm³/mol. The van der Waals surface area contributed by atoms with Crippen LogP contribution in [0.5, 0.6) is 0 Å². The molecule has 0 saturated heterocycles. The second kappa shape index (κ2) is 10.2. The molecular formula is C20H17N7O5S. The van der Waals surface area contributed by atoms with Gasteiger partial charge < -0.3 is 15.8 Å². The molecule has 0 aliphatic carbocycles. The molecule has 1 heterocycles. The van der Waals surface area contributed by atoms with E-state index in [1.54, 1.807) is 24.3 Å². The maximum Gasteiger partial charge on any atom is 0.321 e. The second-order valence-electron chi connectivity index (χ2n) is 6.44. The number of nitro benzene ring substituents is 1. The van der Waals surface area contributed by atoms with Crippen molar-refractivity contribution in [1.82, 2.24) is 15.4 Å². The summed E-state index contributed by atoms with van der Waals surface area (Å²) in [5, 5.41) is 17.3. The number of nitrogens with one attached hydrogen (secondary N) is 2. The van der Waals surface area contributed by atoms with Gasteiger partial charge in [0.15, 0.2) is 5.11 Å². The molecule has 1 amide bonds. The number of hydrogen-bond acceptors (Lipinski definition) is 9. The number of methoxy groups -OCH3 is 1. The molecule has 12 nitrogen and oxygen atoms in total. The molecule has 0 spiro atoms. The summed E-state index contributed by atoms with van der Waals surface area (Å²) in [7, 11) is 1.13. The normalized spacial score (nSPS) is 12.0. The molecule has 0 saturated carbocycles. The Hall–Kier alpha value is -4.52. The monoisotopic (exact) mass is 467 g/mol. The van der Waals surface area contributed by atoms with Gasteiger partial charge in [0, 0.05) is 6.07 Å². The Bertz CT molecular complexity index is 1280. The van der Waals surface area contributed by atoms with Crippen molar-refractivity contribution in [2.24, 2.45) is 10.8 Å². The quantitative estimate of drug-likeness (QED) is 0.152. The SMILES string of the molecule is COC(=O)[C@H](/C(=N\NC(N)=S)C(=O)Nc1ccccc1[N+](=O)[O-])c1cnc2ccccc2n1. The zero-order valence-electron chi connectivity index (χ0n) is 17.1. The molecule has 0 fully saturated rings. The van der Waals surface area contributed by atoms with Crippen molar-refractivity contribution in [2.75, 3.05) is 12.4 Å². The number of rotatable bonds is 7. The molecule has 2 aromatic carbocycles. The van der Waals surface area contributed by atoms with Gasteiger partial charge in [-0.05, 0) is 30.4 Å². The Morgan fingerprint density at radius 2 is 1.85 bits per heavy atom. The number of nitrogens with two attached hydrogens (primary N) is 1. The number of nitro groups is 1. The maximum absolute atomic E-state index is 13.2. The molecule has 1 atom stereocenters. The zero-order chi connectivity index (χ0) is 24.0. The fourth-order valence-electron chi connectivity index (χ4n) is 2.89. The van der Waals surface area contributed by atoms with Gasteiger partial charge in [-0.2, -0.15) is 5.10 Å². The molecule has 3 rings (SSSR count). The van der Waals surface area contributed by atoms with Gasteiger partial charge in [0.05, 0.1) is 35.0 Å². The number of hydrogen-bond donors (Lipinski definition) is 3. The number of para-hydroxylation sites is 4. The third-order valence-corrected chi connectivity index (χ3v) is 4.43. The van der Waals surface area contributed by atoms with Crippen molar-refractivity contribution >= 4 is 57.3 Å². The van der Waals surface area contributed by atoms with Crippen LogP contribution < -0.4 is 16.5 Å². The summed E-state index contributed by atoms with van der Waals surface area (Å²) in [6, 6.07) is 12.4. The van der Waals surface area contributed by atoms with Crippen LogP contribution in [-0.2, 0) is 14.3 Å². The summed E-state index contributed by atoms with van der Waals surface area (Å²) in [4.78, 5) is 45.2. The largest absolute Gasteiger partial charge is 0.468 e. The maximum atomic E-state index is 13.2. The third kappa shape index (κ3) is 5.40. The van der Waals surface area contributed by atoms with Crippen molar-refractivity contribution in [2.45, 2.75) is 5.92 Å². The van der Waals surface area contributed by atoms with Crippen LogP contribution in [0.3, 0.4) is 0 Å². The molecule has 0 radical (unpaired) electrons. The Labute approximate surface area is 192 Å². The molecule has 3 aromatic rings. The number of nitrogens with zero attached hydrogens (tertiary/aromatic N) is 4. The van der Waals surface area contributed by atoms with Crippen LogP contribution in [0.25, 0.3) is 11.0 Å². The summed E-state index contributed by atoms with van der Waals surface area (Å²) >= 11 is 4.74. The Kier molecular flexibility index (Phi) is 7.15. The third-order valence-electron chi connectivity index (χ3n) is 4.34. The fraction of sp³-hybridized carbons (Fsp3) is 0.100. The minimum absolute atomic E-state index is 0.0572. The van der Waals surface area contributed by atoms with Crippen molar-refractivity contribution < 1.29 is 19.2 Å². The zero-order valence-corrected chi connectivity index (χ0v) is 17.9. The number of fused-ring (bicyclic) bond motifs is 1. The fourth-order valence-corrected chi connectivity index (χ4v) is 2.93. The van der Waals surface area contributed by atoms with E-state index >= 15 is 0 Å².